The second-order valence-electron chi connectivity index (χ2n) is 8.76. The number of benzene rings is 2. The number of carbonyl (C=O) groups excluding carboxylic acids is 1. The molecule has 3 rings (SSSR count). The summed E-state index contributed by atoms with van der Waals surface area (Å²) >= 11 is 0. The lowest BCUT2D eigenvalue weighted by atomic mass is 9.86. The van der Waals surface area contributed by atoms with Gasteiger partial charge in [-0.3, -0.25) is 4.79 Å². The van der Waals surface area contributed by atoms with E-state index in [4.69, 9.17) is 4.42 Å². The molecule has 1 atom stereocenters. The first-order chi connectivity index (χ1) is 13.6. The average molecular weight is 433 g/mol. The van der Waals surface area contributed by atoms with Crippen LogP contribution in [-0.2, 0) is 5.41 Å². The molecule has 0 bridgehead atoms. The van der Waals surface area contributed by atoms with Gasteiger partial charge in [0, 0.05) is 17.5 Å². The molecular formula is C24H30ClFN2O2. The van der Waals surface area contributed by atoms with E-state index in [2.05, 4.69) is 55.3 Å². The van der Waals surface area contributed by atoms with Crippen molar-refractivity contribution in [3.05, 3.63) is 70.7 Å². The van der Waals surface area contributed by atoms with E-state index >= 15 is 0 Å². The van der Waals surface area contributed by atoms with E-state index in [1.54, 1.807) is 13.0 Å². The van der Waals surface area contributed by atoms with Gasteiger partial charge in [0.25, 0.3) is 5.91 Å². The van der Waals surface area contributed by atoms with Crippen molar-refractivity contribution in [1.29, 1.82) is 0 Å². The second kappa shape index (κ2) is 9.19. The molecule has 2 aromatic carbocycles. The van der Waals surface area contributed by atoms with Gasteiger partial charge in [-0.05, 0) is 55.8 Å². The van der Waals surface area contributed by atoms with Crippen molar-refractivity contribution >= 4 is 29.3 Å². The van der Waals surface area contributed by atoms with Crippen molar-refractivity contribution in [2.45, 2.75) is 39.2 Å². The van der Waals surface area contributed by atoms with E-state index in [9.17, 15) is 9.18 Å². The first-order valence-electron chi connectivity index (χ1n) is 9.81. The number of likely N-dealkylation sites (N-methyl/N-ethyl adjacent to an activating group) is 1. The summed E-state index contributed by atoms with van der Waals surface area (Å²) in [5.74, 6) is -0.414. The van der Waals surface area contributed by atoms with E-state index in [1.807, 2.05) is 14.1 Å². The van der Waals surface area contributed by atoms with Gasteiger partial charge in [0.15, 0.2) is 5.76 Å². The van der Waals surface area contributed by atoms with E-state index in [1.165, 1.54) is 17.7 Å². The lowest BCUT2D eigenvalue weighted by molar-refractivity contribution is 0.0915. The Morgan fingerprint density at radius 2 is 1.77 bits per heavy atom. The Hall–Kier alpha value is -2.37. The molecule has 0 aliphatic rings. The lowest BCUT2D eigenvalue weighted by Gasteiger charge is -2.26. The Morgan fingerprint density at radius 1 is 1.13 bits per heavy atom. The molecule has 0 fully saturated rings. The minimum Gasteiger partial charge on any atom is -0.451 e. The smallest absolute Gasteiger partial charge is 0.287 e. The van der Waals surface area contributed by atoms with Crippen LogP contribution in [-0.4, -0.2) is 31.4 Å². The highest BCUT2D eigenvalue weighted by molar-refractivity contribution is 5.98. The van der Waals surface area contributed by atoms with Crippen LogP contribution >= 0.6 is 12.4 Å². The summed E-state index contributed by atoms with van der Waals surface area (Å²) in [5, 5.41) is 3.59. The number of nitrogens with zero attached hydrogens (tertiary/aromatic N) is 1. The summed E-state index contributed by atoms with van der Waals surface area (Å²) in [6, 6.07) is 12.8. The number of fused-ring (bicyclic) bond motifs is 1. The van der Waals surface area contributed by atoms with Crippen LogP contribution < -0.4 is 5.32 Å². The summed E-state index contributed by atoms with van der Waals surface area (Å²) in [6.45, 7) is 8.77. The minimum absolute atomic E-state index is 0. The predicted molar refractivity (Wildman–Crippen MR) is 122 cm³/mol. The van der Waals surface area contributed by atoms with Crippen molar-refractivity contribution < 1.29 is 13.6 Å². The fourth-order valence-corrected chi connectivity index (χ4v) is 3.48. The zero-order valence-electron chi connectivity index (χ0n) is 18.4. The number of furan rings is 1. The molecule has 162 valence electrons. The van der Waals surface area contributed by atoms with Crippen LogP contribution in [0.5, 0.6) is 0 Å². The minimum atomic E-state index is -0.347. The monoisotopic (exact) mass is 432 g/mol. The maximum atomic E-state index is 13.5. The first kappa shape index (κ1) is 23.9. The summed E-state index contributed by atoms with van der Waals surface area (Å²) in [5.41, 5.74) is 3.65. The third-order valence-corrected chi connectivity index (χ3v) is 5.35. The molecule has 1 amide bonds. The van der Waals surface area contributed by atoms with Crippen molar-refractivity contribution in [2.75, 3.05) is 20.6 Å². The van der Waals surface area contributed by atoms with Gasteiger partial charge in [-0.25, -0.2) is 4.39 Å². The predicted octanol–water partition coefficient (Wildman–Crippen LogP) is 5.63. The number of nitrogens with one attached hydrogen (secondary N) is 1. The number of hydrogen-bond donors (Lipinski definition) is 1. The van der Waals surface area contributed by atoms with Crippen LogP contribution in [0.4, 0.5) is 4.39 Å². The van der Waals surface area contributed by atoms with Crippen LogP contribution in [0.1, 0.15) is 54.1 Å². The number of carbonyl (C=O) groups is 1. The molecule has 6 heteroatoms. The zero-order valence-corrected chi connectivity index (χ0v) is 19.2. The van der Waals surface area contributed by atoms with Gasteiger partial charge in [0.05, 0.1) is 6.04 Å². The second-order valence-corrected chi connectivity index (χ2v) is 8.76. The van der Waals surface area contributed by atoms with Crippen molar-refractivity contribution in [1.82, 2.24) is 10.2 Å². The fraction of sp³-hybridized carbons (Fsp3) is 0.375. The average Bonchev–Trinajstić information content (AvgIpc) is 2.97. The van der Waals surface area contributed by atoms with E-state index in [0.717, 1.165) is 5.56 Å². The summed E-state index contributed by atoms with van der Waals surface area (Å²) in [4.78, 5) is 14.8. The zero-order chi connectivity index (χ0) is 21.3. The van der Waals surface area contributed by atoms with Crippen LogP contribution in [0.15, 0.2) is 46.9 Å². The Morgan fingerprint density at radius 3 is 2.33 bits per heavy atom. The fourth-order valence-electron chi connectivity index (χ4n) is 3.48. The van der Waals surface area contributed by atoms with Gasteiger partial charge in [0.2, 0.25) is 0 Å². The number of aryl methyl sites for hydroxylation is 1. The highest BCUT2D eigenvalue weighted by Gasteiger charge is 2.21. The molecule has 30 heavy (non-hydrogen) atoms. The van der Waals surface area contributed by atoms with E-state index < -0.39 is 0 Å². The number of hydrogen-bond acceptors (Lipinski definition) is 3. The molecule has 3 aromatic rings. The molecule has 1 aromatic heterocycles. The standard InChI is InChI=1S/C24H29FN2O2.ClH/c1-15-19-13-18(25)11-12-21(19)29-22(15)23(28)26-14-20(27(5)6)16-7-9-17(10-8-16)24(2,3)4;/h7-13,20H,14H2,1-6H3,(H,26,28);1H. The van der Waals surface area contributed by atoms with Crippen LogP contribution in [0.3, 0.4) is 0 Å². The lowest BCUT2D eigenvalue weighted by Crippen LogP contribution is -2.34. The number of rotatable bonds is 5. The van der Waals surface area contributed by atoms with Gasteiger partial charge in [-0.15, -0.1) is 12.4 Å². The maximum absolute atomic E-state index is 13.5. The van der Waals surface area contributed by atoms with Gasteiger partial charge in [-0.2, -0.15) is 0 Å². The molecule has 0 aliphatic carbocycles. The highest BCUT2D eigenvalue weighted by Crippen LogP contribution is 2.27. The van der Waals surface area contributed by atoms with Crippen molar-refractivity contribution in [3.63, 3.8) is 0 Å². The van der Waals surface area contributed by atoms with E-state index in [0.29, 0.717) is 23.1 Å². The number of halogens is 2. The summed E-state index contributed by atoms with van der Waals surface area (Å²) in [7, 11) is 3.98. The Labute approximate surface area is 183 Å². The molecule has 0 saturated heterocycles. The topological polar surface area (TPSA) is 45.5 Å². The molecule has 0 aliphatic heterocycles. The van der Waals surface area contributed by atoms with Crippen LogP contribution in [0, 0.1) is 12.7 Å². The summed E-state index contributed by atoms with van der Waals surface area (Å²) < 4.78 is 19.2. The first-order valence-corrected chi connectivity index (χ1v) is 9.81. The largest absolute Gasteiger partial charge is 0.451 e. The summed E-state index contributed by atoms with van der Waals surface area (Å²) in [6.07, 6.45) is 0. The van der Waals surface area contributed by atoms with Crippen molar-refractivity contribution in [3.8, 4) is 0 Å². The Balaban J connectivity index is 0.00000320. The molecule has 1 N–H and O–H groups in total. The maximum Gasteiger partial charge on any atom is 0.287 e. The molecule has 1 heterocycles. The third kappa shape index (κ3) is 5.02. The normalized spacial score (nSPS) is 12.7. The van der Waals surface area contributed by atoms with Crippen LogP contribution in [0.25, 0.3) is 11.0 Å². The number of amides is 1. The SMILES string of the molecule is Cc1c(C(=O)NCC(c2ccc(C(C)(C)C)cc2)N(C)C)oc2ccc(F)cc12.Cl. The van der Waals surface area contributed by atoms with Crippen molar-refractivity contribution in [2.24, 2.45) is 0 Å². The highest BCUT2D eigenvalue weighted by atomic mass is 35.5. The molecular weight excluding hydrogens is 403 g/mol. The molecule has 0 radical (unpaired) electrons. The Bertz CT molecular complexity index is 1020. The third-order valence-electron chi connectivity index (χ3n) is 5.35. The Kier molecular flexibility index (Phi) is 7.32. The van der Waals surface area contributed by atoms with E-state index in [-0.39, 0.29) is 41.3 Å². The molecule has 1 unspecified atom stereocenters. The molecule has 0 saturated carbocycles. The van der Waals surface area contributed by atoms with Gasteiger partial charge >= 0.3 is 0 Å². The quantitative estimate of drug-likeness (QED) is 0.568. The van der Waals surface area contributed by atoms with Gasteiger partial charge < -0.3 is 14.6 Å². The molecule has 0 spiro atoms. The molecule has 4 nitrogen and oxygen atoms in total. The van der Waals surface area contributed by atoms with Crippen LogP contribution in [0.2, 0.25) is 0 Å². The van der Waals surface area contributed by atoms with Gasteiger partial charge in [0.1, 0.15) is 11.4 Å². The van der Waals surface area contributed by atoms with Gasteiger partial charge in [-0.1, -0.05) is 45.0 Å².